The number of benzene rings is 2. The Balaban J connectivity index is 1.88. The number of phenols is 1. The molecule has 5 heteroatoms. The van der Waals surface area contributed by atoms with Crippen molar-refractivity contribution in [2.75, 3.05) is 11.1 Å². The minimum atomic E-state index is -0.0774. The predicted molar refractivity (Wildman–Crippen MR) is 81.6 cm³/mol. The van der Waals surface area contributed by atoms with Crippen LogP contribution in [-0.4, -0.2) is 16.8 Å². The Labute approximate surface area is 124 Å². The van der Waals surface area contributed by atoms with Gasteiger partial charge >= 0.3 is 0 Å². The fourth-order valence-electron chi connectivity index (χ4n) is 1.45. The van der Waals surface area contributed by atoms with Gasteiger partial charge in [-0.3, -0.25) is 4.79 Å². The zero-order valence-electron chi connectivity index (χ0n) is 9.97. The summed E-state index contributed by atoms with van der Waals surface area (Å²) in [5, 5.41) is 11.9. The number of phenolic OH excluding ortho intramolecular Hbond substituents is 1. The molecule has 2 aromatic carbocycles. The van der Waals surface area contributed by atoms with Crippen LogP contribution in [0.4, 0.5) is 5.69 Å². The third-order valence-corrected chi connectivity index (χ3v) is 4.37. The molecule has 0 aromatic heterocycles. The molecule has 2 aromatic rings. The summed E-state index contributed by atoms with van der Waals surface area (Å²) in [4.78, 5) is 12.8. The summed E-state index contributed by atoms with van der Waals surface area (Å²) in [6.45, 7) is 0. The van der Waals surface area contributed by atoms with E-state index in [4.69, 9.17) is 5.11 Å². The molecule has 0 saturated carbocycles. The maximum Gasteiger partial charge on any atom is 0.234 e. The van der Waals surface area contributed by atoms with E-state index >= 15 is 0 Å². The maximum absolute atomic E-state index is 11.8. The molecular weight excluding hydrogens is 326 g/mol. The average Bonchev–Trinajstić information content (AvgIpc) is 2.40. The molecule has 0 aliphatic heterocycles. The van der Waals surface area contributed by atoms with Crippen molar-refractivity contribution in [3.63, 3.8) is 0 Å². The number of rotatable bonds is 4. The number of thioether (sulfide) groups is 1. The number of hydrogen-bond donors (Lipinski definition) is 2. The van der Waals surface area contributed by atoms with Crippen LogP contribution in [-0.2, 0) is 4.79 Å². The lowest BCUT2D eigenvalue weighted by molar-refractivity contribution is -0.113. The van der Waals surface area contributed by atoms with Gasteiger partial charge in [-0.25, -0.2) is 0 Å². The number of nitrogens with one attached hydrogen (secondary N) is 1. The molecule has 2 rings (SSSR count). The first-order valence-corrected chi connectivity index (χ1v) is 7.39. The summed E-state index contributed by atoms with van der Waals surface area (Å²) in [6, 6.07) is 14.2. The molecule has 0 saturated heterocycles. The van der Waals surface area contributed by atoms with Gasteiger partial charge in [0.25, 0.3) is 0 Å². The van der Waals surface area contributed by atoms with Crippen molar-refractivity contribution in [3.8, 4) is 5.75 Å². The average molecular weight is 338 g/mol. The Morgan fingerprint density at radius 1 is 1.16 bits per heavy atom. The Morgan fingerprint density at radius 3 is 2.53 bits per heavy atom. The lowest BCUT2D eigenvalue weighted by atomic mass is 10.3. The summed E-state index contributed by atoms with van der Waals surface area (Å²) in [5.74, 6) is 0.441. The van der Waals surface area contributed by atoms with Crippen LogP contribution in [0.3, 0.4) is 0 Å². The van der Waals surface area contributed by atoms with Gasteiger partial charge < -0.3 is 10.4 Å². The van der Waals surface area contributed by atoms with Crippen LogP contribution < -0.4 is 5.32 Å². The van der Waals surface area contributed by atoms with E-state index in [-0.39, 0.29) is 11.7 Å². The van der Waals surface area contributed by atoms with Crippen LogP contribution >= 0.6 is 27.7 Å². The molecule has 0 heterocycles. The molecule has 0 aliphatic rings. The van der Waals surface area contributed by atoms with Gasteiger partial charge in [0.2, 0.25) is 5.91 Å². The number of aromatic hydroxyl groups is 1. The van der Waals surface area contributed by atoms with Crippen molar-refractivity contribution in [1.29, 1.82) is 0 Å². The molecule has 0 radical (unpaired) electrons. The number of amides is 1. The molecule has 0 aliphatic carbocycles. The van der Waals surface area contributed by atoms with Crippen LogP contribution in [0, 0.1) is 0 Å². The first-order valence-electron chi connectivity index (χ1n) is 5.61. The highest BCUT2D eigenvalue weighted by molar-refractivity contribution is 9.10. The zero-order chi connectivity index (χ0) is 13.7. The van der Waals surface area contributed by atoms with Crippen molar-refractivity contribution < 1.29 is 9.90 Å². The lowest BCUT2D eigenvalue weighted by Crippen LogP contribution is -2.13. The first-order chi connectivity index (χ1) is 9.15. The highest BCUT2D eigenvalue weighted by Gasteiger charge is 2.05. The zero-order valence-corrected chi connectivity index (χ0v) is 12.4. The fourth-order valence-corrected chi connectivity index (χ4v) is 2.81. The van der Waals surface area contributed by atoms with E-state index in [1.54, 1.807) is 12.1 Å². The van der Waals surface area contributed by atoms with Gasteiger partial charge in [-0.2, -0.15) is 0 Å². The molecule has 1 amide bonds. The molecule has 3 nitrogen and oxygen atoms in total. The van der Waals surface area contributed by atoms with E-state index in [2.05, 4.69) is 21.2 Å². The lowest BCUT2D eigenvalue weighted by Gasteiger charge is -2.06. The molecule has 0 fully saturated rings. The van der Waals surface area contributed by atoms with E-state index in [0.717, 1.165) is 9.37 Å². The van der Waals surface area contributed by atoms with Gasteiger partial charge in [-0.05, 0) is 52.3 Å². The van der Waals surface area contributed by atoms with Crippen LogP contribution in [0.25, 0.3) is 0 Å². The number of carbonyl (C=O) groups is 1. The molecule has 0 unspecified atom stereocenters. The van der Waals surface area contributed by atoms with Gasteiger partial charge in [0.1, 0.15) is 5.75 Å². The number of halogens is 1. The summed E-state index contributed by atoms with van der Waals surface area (Å²) in [7, 11) is 0. The molecule has 19 heavy (non-hydrogen) atoms. The van der Waals surface area contributed by atoms with Gasteiger partial charge in [0.05, 0.1) is 5.75 Å². The molecule has 98 valence electrons. The second-order valence-corrected chi connectivity index (χ2v) is 5.69. The van der Waals surface area contributed by atoms with Crippen molar-refractivity contribution in [2.24, 2.45) is 0 Å². The minimum Gasteiger partial charge on any atom is -0.508 e. The van der Waals surface area contributed by atoms with E-state index < -0.39 is 0 Å². The standard InChI is InChI=1S/C14H12BrNO2S/c15-12-3-1-2-4-13(12)19-9-14(18)16-10-5-7-11(17)8-6-10/h1-8,17H,9H2,(H,16,18). The van der Waals surface area contributed by atoms with Crippen LogP contribution in [0.15, 0.2) is 57.9 Å². The molecule has 2 N–H and O–H groups in total. The van der Waals surface area contributed by atoms with Crippen molar-refractivity contribution in [3.05, 3.63) is 53.0 Å². The molecule has 0 spiro atoms. The van der Waals surface area contributed by atoms with E-state index in [1.807, 2.05) is 24.3 Å². The summed E-state index contributed by atoms with van der Waals surface area (Å²) in [6.07, 6.45) is 0. The van der Waals surface area contributed by atoms with Crippen LogP contribution in [0.2, 0.25) is 0 Å². The third-order valence-electron chi connectivity index (χ3n) is 2.35. The van der Waals surface area contributed by atoms with Crippen LogP contribution in [0.1, 0.15) is 0 Å². The molecule has 0 bridgehead atoms. The van der Waals surface area contributed by atoms with Crippen molar-refractivity contribution in [2.45, 2.75) is 4.90 Å². The van der Waals surface area contributed by atoms with E-state index in [1.165, 1.54) is 23.9 Å². The number of anilines is 1. The quantitative estimate of drug-likeness (QED) is 0.657. The van der Waals surface area contributed by atoms with Gasteiger partial charge in [0.15, 0.2) is 0 Å². The summed E-state index contributed by atoms with van der Waals surface area (Å²) in [5.41, 5.74) is 0.676. The Bertz CT molecular complexity index is 572. The second kappa shape index (κ2) is 6.63. The topological polar surface area (TPSA) is 49.3 Å². The Hall–Kier alpha value is -1.46. The SMILES string of the molecule is O=C(CSc1ccccc1Br)Nc1ccc(O)cc1. The third kappa shape index (κ3) is 4.29. The largest absolute Gasteiger partial charge is 0.508 e. The normalized spacial score (nSPS) is 10.2. The first kappa shape index (κ1) is 14.0. The summed E-state index contributed by atoms with van der Waals surface area (Å²) >= 11 is 4.91. The van der Waals surface area contributed by atoms with Crippen molar-refractivity contribution >= 4 is 39.3 Å². The second-order valence-electron chi connectivity index (χ2n) is 3.81. The Kier molecular flexibility index (Phi) is 4.87. The van der Waals surface area contributed by atoms with E-state index in [9.17, 15) is 4.79 Å². The van der Waals surface area contributed by atoms with Crippen molar-refractivity contribution in [1.82, 2.24) is 0 Å². The fraction of sp³-hybridized carbons (Fsp3) is 0.0714. The number of hydrogen-bond acceptors (Lipinski definition) is 3. The monoisotopic (exact) mass is 337 g/mol. The van der Waals surface area contributed by atoms with Crippen LogP contribution in [0.5, 0.6) is 5.75 Å². The minimum absolute atomic E-state index is 0.0774. The predicted octanol–water partition coefficient (Wildman–Crippen LogP) is 3.89. The molecule has 0 atom stereocenters. The van der Waals surface area contributed by atoms with Gasteiger partial charge in [-0.15, -0.1) is 11.8 Å². The Morgan fingerprint density at radius 2 is 1.84 bits per heavy atom. The van der Waals surface area contributed by atoms with E-state index in [0.29, 0.717) is 11.4 Å². The maximum atomic E-state index is 11.8. The summed E-state index contributed by atoms with van der Waals surface area (Å²) < 4.78 is 0.984. The highest BCUT2D eigenvalue weighted by Crippen LogP contribution is 2.27. The number of carbonyl (C=O) groups excluding carboxylic acids is 1. The smallest absolute Gasteiger partial charge is 0.234 e. The molecular formula is C14H12BrNO2S. The highest BCUT2D eigenvalue weighted by atomic mass is 79.9. The van der Waals surface area contributed by atoms with Gasteiger partial charge in [-0.1, -0.05) is 12.1 Å². The van der Waals surface area contributed by atoms with Gasteiger partial charge in [0, 0.05) is 15.1 Å².